The van der Waals surface area contributed by atoms with E-state index >= 15 is 0 Å². The molecular formula is C27H17N5. The van der Waals surface area contributed by atoms with E-state index in [1.807, 2.05) is 30.9 Å². The fourth-order valence-electron chi connectivity index (χ4n) is 4.88. The zero-order valence-corrected chi connectivity index (χ0v) is 17.1. The lowest BCUT2D eigenvalue weighted by Crippen LogP contribution is -1.97. The molecule has 0 radical (unpaired) electrons. The van der Waals surface area contributed by atoms with Crippen LogP contribution in [0.2, 0.25) is 0 Å². The van der Waals surface area contributed by atoms with Gasteiger partial charge in [0.1, 0.15) is 6.33 Å². The first kappa shape index (κ1) is 17.2. The van der Waals surface area contributed by atoms with E-state index in [1.54, 1.807) is 6.33 Å². The SMILES string of the molecule is c1cncc(-n2c3ccccc3c3cc4c5ccccc5n(-c5cncnc5)c4cc32)c1. The van der Waals surface area contributed by atoms with Crippen LogP contribution in [0.1, 0.15) is 0 Å². The Bertz CT molecular complexity index is 1630. The molecule has 7 aromatic rings. The predicted molar refractivity (Wildman–Crippen MR) is 129 cm³/mol. The summed E-state index contributed by atoms with van der Waals surface area (Å²) in [5, 5.41) is 4.88. The first-order valence-corrected chi connectivity index (χ1v) is 10.5. The molecule has 4 aromatic heterocycles. The van der Waals surface area contributed by atoms with Crippen molar-refractivity contribution < 1.29 is 0 Å². The van der Waals surface area contributed by atoms with Crippen LogP contribution in [0, 0.1) is 0 Å². The highest BCUT2D eigenvalue weighted by Gasteiger charge is 2.18. The maximum absolute atomic E-state index is 4.37. The fourth-order valence-corrected chi connectivity index (χ4v) is 4.88. The van der Waals surface area contributed by atoms with Crippen molar-refractivity contribution in [2.75, 3.05) is 0 Å². The van der Waals surface area contributed by atoms with E-state index in [9.17, 15) is 0 Å². The molecule has 0 unspecified atom stereocenters. The van der Waals surface area contributed by atoms with Crippen LogP contribution in [-0.4, -0.2) is 24.1 Å². The molecule has 150 valence electrons. The minimum atomic E-state index is 0.946. The lowest BCUT2D eigenvalue weighted by Gasteiger charge is -2.09. The van der Waals surface area contributed by atoms with Crippen molar-refractivity contribution in [3.05, 3.63) is 104 Å². The Morgan fingerprint density at radius 1 is 0.469 bits per heavy atom. The molecule has 3 aromatic carbocycles. The monoisotopic (exact) mass is 411 g/mol. The highest BCUT2D eigenvalue weighted by atomic mass is 15.0. The van der Waals surface area contributed by atoms with Gasteiger partial charge in [-0.15, -0.1) is 0 Å². The van der Waals surface area contributed by atoms with Gasteiger partial charge in [0.2, 0.25) is 0 Å². The molecule has 0 aliphatic heterocycles. The Labute approximate surface area is 183 Å². The molecule has 5 heteroatoms. The molecule has 0 fully saturated rings. The number of hydrogen-bond acceptors (Lipinski definition) is 3. The quantitative estimate of drug-likeness (QED) is 0.347. The Morgan fingerprint density at radius 3 is 1.69 bits per heavy atom. The Morgan fingerprint density at radius 2 is 1.06 bits per heavy atom. The standard InChI is InChI=1S/C27H17N5/c1-3-9-24-20(7-1)22-12-23-21-8-2-4-10-25(21)32(19-15-29-17-30-16-19)27(23)13-26(22)31(24)18-6-5-11-28-14-18/h1-17H. The number of hydrogen-bond donors (Lipinski definition) is 0. The third kappa shape index (κ3) is 2.30. The Hall–Kier alpha value is -4.51. The number of fused-ring (bicyclic) bond motifs is 6. The summed E-state index contributed by atoms with van der Waals surface area (Å²) in [5.41, 5.74) is 6.57. The number of aromatic nitrogens is 5. The van der Waals surface area contributed by atoms with E-state index in [1.165, 1.54) is 27.1 Å². The zero-order valence-electron chi connectivity index (χ0n) is 17.1. The van der Waals surface area contributed by atoms with Crippen LogP contribution in [0.25, 0.3) is 55.0 Å². The van der Waals surface area contributed by atoms with Crippen molar-refractivity contribution >= 4 is 43.6 Å². The van der Waals surface area contributed by atoms with Gasteiger partial charge in [-0.05, 0) is 36.4 Å². The summed E-state index contributed by atoms with van der Waals surface area (Å²) < 4.78 is 4.54. The van der Waals surface area contributed by atoms with Crippen molar-refractivity contribution in [2.45, 2.75) is 0 Å². The normalized spacial score (nSPS) is 11.8. The second kappa shape index (κ2) is 6.49. The number of pyridine rings is 1. The Balaban J connectivity index is 1.71. The summed E-state index contributed by atoms with van der Waals surface area (Å²) in [7, 11) is 0. The number of nitrogens with zero attached hydrogens (tertiary/aromatic N) is 5. The van der Waals surface area contributed by atoms with E-state index < -0.39 is 0 Å². The van der Waals surface area contributed by atoms with Gasteiger partial charge in [0.05, 0.1) is 52.0 Å². The van der Waals surface area contributed by atoms with E-state index in [2.05, 4.69) is 90.8 Å². The van der Waals surface area contributed by atoms with Crippen LogP contribution < -0.4 is 0 Å². The second-order valence-corrected chi connectivity index (χ2v) is 7.90. The molecule has 0 spiro atoms. The molecule has 0 bridgehead atoms. The van der Waals surface area contributed by atoms with Crippen molar-refractivity contribution in [3.63, 3.8) is 0 Å². The summed E-state index contributed by atoms with van der Waals surface area (Å²) in [6.45, 7) is 0. The zero-order chi connectivity index (χ0) is 21.1. The molecule has 0 atom stereocenters. The smallest absolute Gasteiger partial charge is 0.115 e. The number of para-hydroxylation sites is 2. The van der Waals surface area contributed by atoms with E-state index in [-0.39, 0.29) is 0 Å². The summed E-state index contributed by atoms with van der Waals surface area (Å²) in [5.74, 6) is 0. The van der Waals surface area contributed by atoms with Gasteiger partial charge in [0.25, 0.3) is 0 Å². The first-order chi connectivity index (χ1) is 15.9. The van der Waals surface area contributed by atoms with Gasteiger partial charge < -0.3 is 9.13 Å². The van der Waals surface area contributed by atoms with Crippen LogP contribution in [0.3, 0.4) is 0 Å². The fraction of sp³-hybridized carbons (Fsp3) is 0. The molecule has 0 aliphatic rings. The molecule has 0 saturated heterocycles. The highest BCUT2D eigenvalue weighted by molar-refractivity contribution is 6.19. The van der Waals surface area contributed by atoms with Crippen molar-refractivity contribution in [1.29, 1.82) is 0 Å². The van der Waals surface area contributed by atoms with E-state index in [0.717, 1.165) is 27.9 Å². The van der Waals surface area contributed by atoms with Crippen LogP contribution in [0.4, 0.5) is 0 Å². The largest absolute Gasteiger partial charge is 0.308 e. The van der Waals surface area contributed by atoms with E-state index in [0.29, 0.717) is 0 Å². The summed E-state index contributed by atoms with van der Waals surface area (Å²) in [6.07, 6.45) is 9.01. The van der Waals surface area contributed by atoms with Gasteiger partial charge in [0, 0.05) is 27.7 Å². The number of benzene rings is 3. The van der Waals surface area contributed by atoms with Gasteiger partial charge >= 0.3 is 0 Å². The minimum Gasteiger partial charge on any atom is -0.308 e. The van der Waals surface area contributed by atoms with Crippen LogP contribution in [-0.2, 0) is 0 Å². The lowest BCUT2D eigenvalue weighted by molar-refractivity contribution is 1.07. The maximum atomic E-state index is 4.37. The second-order valence-electron chi connectivity index (χ2n) is 7.90. The highest BCUT2D eigenvalue weighted by Crippen LogP contribution is 2.39. The molecular weight excluding hydrogens is 394 g/mol. The third-order valence-electron chi connectivity index (χ3n) is 6.18. The average molecular weight is 411 g/mol. The topological polar surface area (TPSA) is 48.5 Å². The van der Waals surface area contributed by atoms with Gasteiger partial charge in [-0.3, -0.25) is 4.98 Å². The Kier molecular flexibility index (Phi) is 3.49. The molecule has 0 saturated carbocycles. The van der Waals surface area contributed by atoms with Gasteiger partial charge in [-0.1, -0.05) is 36.4 Å². The molecule has 7 rings (SSSR count). The maximum Gasteiger partial charge on any atom is 0.115 e. The molecule has 5 nitrogen and oxygen atoms in total. The summed E-state index contributed by atoms with van der Waals surface area (Å²) in [4.78, 5) is 12.9. The lowest BCUT2D eigenvalue weighted by atomic mass is 10.1. The first-order valence-electron chi connectivity index (χ1n) is 10.5. The van der Waals surface area contributed by atoms with Crippen molar-refractivity contribution in [2.24, 2.45) is 0 Å². The van der Waals surface area contributed by atoms with Crippen molar-refractivity contribution in [1.82, 2.24) is 24.1 Å². The summed E-state index contributed by atoms with van der Waals surface area (Å²) >= 11 is 0. The molecule has 4 heterocycles. The van der Waals surface area contributed by atoms with Gasteiger partial charge in [-0.2, -0.15) is 0 Å². The van der Waals surface area contributed by atoms with Gasteiger partial charge in [0.15, 0.2) is 0 Å². The van der Waals surface area contributed by atoms with Gasteiger partial charge in [-0.25, -0.2) is 9.97 Å². The van der Waals surface area contributed by atoms with E-state index in [4.69, 9.17) is 0 Å². The predicted octanol–water partition coefficient (Wildman–Crippen LogP) is 6.07. The summed E-state index contributed by atoms with van der Waals surface area (Å²) in [6, 6.07) is 25.7. The average Bonchev–Trinajstić information content (AvgIpc) is 3.36. The molecule has 0 N–H and O–H groups in total. The minimum absolute atomic E-state index is 0.946. The van der Waals surface area contributed by atoms with Crippen molar-refractivity contribution in [3.8, 4) is 11.4 Å². The number of rotatable bonds is 2. The van der Waals surface area contributed by atoms with Crippen LogP contribution in [0.5, 0.6) is 0 Å². The van der Waals surface area contributed by atoms with Crippen LogP contribution >= 0.6 is 0 Å². The molecule has 0 aliphatic carbocycles. The molecule has 0 amide bonds. The molecule has 32 heavy (non-hydrogen) atoms. The third-order valence-corrected chi connectivity index (χ3v) is 6.18. The van der Waals surface area contributed by atoms with Crippen LogP contribution in [0.15, 0.2) is 104 Å².